The predicted molar refractivity (Wildman–Crippen MR) is 53.8 cm³/mol. The van der Waals surface area contributed by atoms with Gasteiger partial charge in [-0.25, -0.2) is 17.2 Å². The monoisotopic (exact) mass is 245 g/mol. The van der Waals surface area contributed by atoms with Crippen molar-refractivity contribution in [1.82, 2.24) is 0 Å². The van der Waals surface area contributed by atoms with Gasteiger partial charge in [-0.05, 0) is 18.2 Å². The van der Waals surface area contributed by atoms with Crippen LogP contribution < -0.4 is 0 Å². The molecule has 0 fully saturated rings. The lowest BCUT2D eigenvalue weighted by molar-refractivity contribution is 0.0170. The zero-order chi connectivity index (χ0) is 12.6. The highest BCUT2D eigenvalue weighted by molar-refractivity contribution is 7.90. The number of nitriles is 1. The van der Waals surface area contributed by atoms with Gasteiger partial charge in [0, 0.05) is 18.7 Å². The highest BCUT2D eigenvalue weighted by atomic mass is 32.2. The Kier molecular flexibility index (Phi) is 3.01. The van der Waals surface area contributed by atoms with Crippen LogP contribution in [-0.4, -0.2) is 14.7 Å². The topological polar surface area (TPSA) is 57.9 Å². The van der Waals surface area contributed by atoms with Crippen molar-refractivity contribution in [2.45, 2.75) is 17.7 Å². The first-order valence-corrected chi connectivity index (χ1v) is 6.18. The highest BCUT2D eigenvalue weighted by Crippen LogP contribution is 2.31. The molecule has 0 unspecified atom stereocenters. The van der Waals surface area contributed by atoms with Crippen molar-refractivity contribution >= 4 is 9.84 Å². The standard InChI is InChI=1S/C10H9F2NO2S/c1-10(11,12)9-5-8(16(2,14)15)4-3-7(9)6-13/h3-5H,1-2H3. The van der Waals surface area contributed by atoms with E-state index < -0.39 is 21.3 Å². The Morgan fingerprint density at radius 3 is 2.31 bits per heavy atom. The zero-order valence-corrected chi connectivity index (χ0v) is 9.48. The van der Waals surface area contributed by atoms with Crippen LogP contribution in [0.3, 0.4) is 0 Å². The van der Waals surface area contributed by atoms with E-state index in [1.165, 1.54) is 0 Å². The second-order valence-electron chi connectivity index (χ2n) is 3.48. The van der Waals surface area contributed by atoms with Crippen molar-refractivity contribution in [2.24, 2.45) is 0 Å². The fourth-order valence-corrected chi connectivity index (χ4v) is 1.86. The van der Waals surface area contributed by atoms with Gasteiger partial charge in [0.25, 0.3) is 5.92 Å². The Balaban J connectivity index is 3.53. The van der Waals surface area contributed by atoms with Gasteiger partial charge in [-0.1, -0.05) is 0 Å². The van der Waals surface area contributed by atoms with Gasteiger partial charge in [0.05, 0.1) is 16.5 Å². The van der Waals surface area contributed by atoms with Crippen LogP contribution >= 0.6 is 0 Å². The van der Waals surface area contributed by atoms with E-state index in [-0.39, 0.29) is 10.5 Å². The van der Waals surface area contributed by atoms with Crippen LogP contribution in [0, 0.1) is 11.3 Å². The third-order valence-electron chi connectivity index (χ3n) is 2.01. The largest absolute Gasteiger partial charge is 0.271 e. The molecule has 0 bridgehead atoms. The minimum Gasteiger partial charge on any atom is -0.224 e. The van der Waals surface area contributed by atoms with Gasteiger partial charge < -0.3 is 0 Å². The van der Waals surface area contributed by atoms with Gasteiger partial charge in [0.2, 0.25) is 0 Å². The number of hydrogen-bond donors (Lipinski definition) is 0. The summed E-state index contributed by atoms with van der Waals surface area (Å²) in [4.78, 5) is -0.219. The van der Waals surface area contributed by atoms with Gasteiger partial charge in [0.15, 0.2) is 9.84 Å². The molecule has 1 aromatic rings. The van der Waals surface area contributed by atoms with Crippen molar-refractivity contribution in [3.8, 4) is 6.07 Å². The molecule has 6 heteroatoms. The fraction of sp³-hybridized carbons (Fsp3) is 0.300. The number of rotatable bonds is 2. The van der Waals surface area contributed by atoms with Crippen molar-refractivity contribution in [1.29, 1.82) is 5.26 Å². The maximum absolute atomic E-state index is 13.1. The van der Waals surface area contributed by atoms with Crippen molar-refractivity contribution in [2.75, 3.05) is 6.26 Å². The van der Waals surface area contributed by atoms with Crippen LogP contribution in [0.1, 0.15) is 18.1 Å². The zero-order valence-electron chi connectivity index (χ0n) is 8.66. The van der Waals surface area contributed by atoms with Crippen molar-refractivity contribution in [3.05, 3.63) is 29.3 Å². The Morgan fingerprint density at radius 2 is 1.94 bits per heavy atom. The summed E-state index contributed by atoms with van der Waals surface area (Å²) >= 11 is 0. The quantitative estimate of drug-likeness (QED) is 0.801. The molecular formula is C10H9F2NO2S. The van der Waals surface area contributed by atoms with Gasteiger partial charge >= 0.3 is 0 Å². The molecule has 0 aliphatic carbocycles. The second kappa shape index (κ2) is 3.83. The summed E-state index contributed by atoms with van der Waals surface area (Å²) in [5.41, 5.74) is -0.794. The van der Waals surface area contributed by atoms with Crippen LogP contribution in [0.4, 0.5) is 8.78 Å². The van der Waals surface area contributed by atoms with Gasteiger partial charge in [0.1, 0.15) is 0 Å². The third kappa shape index (κ3) is 2.55. The molecule has 1 aromatic carbocycles. The second-order valence-corrected chi connectivity index (χ2v) is 5.50. The predicted octanol–water partition coefficient (Wildman–Crippen LogP) is 2.07. The molecule has 0 aromatic heterocycles. The molecule has 0 atom stereocenters. The molecule has 0 amide bonds. The van der Waals surface area contributed by atoms with E-state index in [0.29, 0.717) is 6.92 Å². The summed E-state index contributed by atoms with van der Waals surface area (Å²) in [5.74, 6) is -3.24. The van der Waals surface area contributed by atoms with Crippen molar-refractivity contribution < 1.29 is 17.2 Å². The fourth-order valence-electron chi connectivity index (χ4n) is 1.21. The number of benzene rings is 1. The summed E-state index contributed by atoms with van der Waals surface area (Å²) < 4.78 is 48.6. The number of hydrogen-bond acceptors (Lipinski definition) is 3. The van der Waals surface area contributed by atoms with E-state index in [1.54, 1.807) is 6.07 Å². The van der Waals surface area contributed by atoms with E-state index >= 15 is 0 Å². The van der Waals surface area contributed by atoms with Crippen LogP contribution in [-0.2, 0) is 15.8 Å². The molecule has 0 radical (unpaired) electrons. The molecule has 0 saturated heterocycles. The molecule has 16 heavy (non-hydrogen) atoms. The normalized spacial score (nSPS) is 12.2. The lowest BCUT2D eigenvalue weighted by atomic mass is 10.0. The number of nitrogens with zero attached hydrogens (tertiary/aromatic N) is 1. The summed E-state index contributed by atoms with van der Waals surface area (Å²) in [6.45, 7) is 0.620. The first kappa shape index (κ1) is 12.6. The average Bonchev–Trinajstić information content (AvgIpc) is 2.14. The molecule has 0 aliphatic heterocycles. The maximum atomic E-state index is 13.1. The van der Waals surface area contributed by atoms with Crippen LogP contribution in [0.15, 0.2) is 23.1 Å². The van der Waals surface area contributed by atoms with E-state index in [4.69, 9.17) is 5.26 Å². The summed E-state index contributed by atoms with van der Waals surface area (Å²) in [7, 11) is -3.55. The molecule has 0 saturated carbocycles. The van der Waals surface area contributed by atoms with Crippen LogP contribution in [0.5, 0.6) is 0 Å². The molecule has 0 aliphatic rings. The highest BCUT2D eigenvalue weighted by Gasteiger charge is 2.29. The minimum absolute atomic E-state index is 0.219. The van der Waals surface area contributed by atoms with Gasteiger partial charge in [-0.2, -0.15) is 5.26 Å². The summed E-state index contributed by atoms with van der Waals surface area (Å²) in [6, 6.07) is 4.68. The number of alkyl halides is 2. The summed E-state index contributed by atoms with van der Waals surface area (Å²) in [6.07, 6.45) is 0.923. The van der Waals surface area contributed by atoms with E-state index in [2.05, 4.69) is 0 Å². The smallest absolute Gasteiger partial charge is 0.224 e. The first-order valence-electron chi connectivity index (χ1n) is 4.29. The van der Waals surface area contributed by atoms with Gasteiger partial charge in [-0.3, -0.25) is 0 Å². The molecular weight excluding hydrogens is 236 g/mol. The van der Waals surface area contributed by atoms with E-state index in [1.807, 2.05) is 0 Å². The summed E-state index contributed by atoms with van der Waals surface area (Å²) in [5, 5.41) is 8.64. The Hall–Kier alpha value is -1.48. The van der Waals surface area contributed by atoms with E-state index in [0.717, 1.165) is 24.5 Å². The molecule has 1 rings (SSSR count). The maximum Gasteiger partial charge on any atom is 0.271 e. The molecule has 3 nitrogen and oxygen atoms in total. The van der Waals surface area contributed by atoms with Gasteiger partial charge in [-0.15, -0.1) is 0 Å². The third-order valence-corrected chi connectivity index (χ3v) is 3.12. The van der Waals surface area contributed by atoms with Crippen LogP contribution in [0.25, 0.3) is 0 Å². The molecule has 86 valence electrons. The number of halogens is 2. The lowest BCUT2D eigenvalue weighted by Gasteiger charge is -2.13. The molecule has 0 spiro atoms. The minimum atomic E-state index is -3.55. The van der Waals surface area contributed by atoms with Crippen molar-refractivity contribution in [3.63, 3.8) is 0 Å². The lowest BCUT2D eigenvalue weighted by Crippen LogP contribution is -2.11. The Bertz CT molecular complexity index is 553. The molecule has 0 N–H and O–H groups in total. The number of sulfone groups is 1. The average molecular weight is 245 g/mol. The molecule has 0 heterocycles. The Labute approximate surface area is 92.2 Å². The first-order chi connectivity index (χ1) is 7.16. The van der Waals surface area contributed by atoms with Crippen LogP contribution in [0.2, 0.25) is 0 Å². The Morgan fingerprint density at radius 1 is 1.38 bits per heavy atom. The SMILES string of the molecule is CC(F)(F)c1cc(S(C)(=O)=O)ccc1C#N. The van der Waals surface area contributed by atoms with E-state index in [9.17, 15) is 17.2 Å².